The number of rotatable bonds is 3. The highest BCUT2D eigenvalue weighted by atomic mass is 28.3. The second-order valence-electron chi connectivity index (χ2n) is 6.82. The van der Waals surface area contributed by atoms with Crippen molar-refractivity contribution in [1.29, 1.82) is 0 Å². The fourth-order valence-corrected chi connectivity index (χ4v) is 2.81. The maximum atomic E-state index is 11.9. The van der Waals surface area contributed by atoms with Gasteiger partial charge in [-0.25, -0.2) is 9.59 Å². The van der Waals surface area contributed by atoms with Crippen molar-refractivity contribution in [2.45, 2.75) is 19.6 Å². The summed E-state index contributed by atoms with van der Waals surface area (Å²) in [4.78, 5) is 23.5. The molecule has 2 rings (SSSR count). The van der Waals surface area contributed by atoms with Gasteiger partial charge in [0.05, 0.1) is 25.3 Å². The van der Waals surface area contributed by atoms with Gasteiger partial charge >= 0.3 is 11.9 Å². The largest absolute Gasteiger partial charge is 0.465 e. The Morgan fingerprint density at radius 1 is 0.846 bits per heavy atom. The number of carbonyl (C=O) groups excluding carboxylic acids is 2. The third kappa shape index (κ3) is 4.84. The van der Waals surface area contributed by atoms with Gasteiger partial charge in [-0.1, -0.05) is 43.8 Å². The van der Waals surface area contributed by atoms with Crippen LogP contribution in [0.4, 0.5) is 0 Å². The second-order valence-corrected chi connectivity index (χ2v) is 11.6. The molecule has 0 aromatic heterocycles. The minimum Gasteiger partial charge on any atom is -0.465 e. The summed E-state index contributed by atoms with van der Waals surface area (Å²) < 4.78 is 9.53. The highest BCUT2D eigenvalue weighted by Crippen LogP contribution is 2.25. The molecular weight excluding hydrogens is 344 g/mol. The van der Waals surface area contributed by atoms with Gasteiger partial charge in [-0.15, -0.1) is 5.54 Å². The van der Waals surface area contributed by atoms with E-state index in [0.717, 1.165) is 16.7 Å². The summed E-state index contributed by atoms with van der Waals surface area (Å²) in [5.74, 6) is 2.46. The van der Waals surface area contributed by atoms with Gasteiger partial charge in [0.1, 0.15) is 8.07 Å². The molecule has 4 nitrogen and oxygen atoms in total. The number of esters is 2. The summed E-state index contributed by atoms with van der Waals surface area (Å²) in [6.45, 7) is 6.49. The van der Waals surface area contributed by atoms with Gasteiger partial charge in [-0.2, -0.15) is 0 Å². The van der Waals surface area contributed by atoms with E-state index in [2.05, 4.69) is 31.1 Å². The molecule has 5 heteroatoms. The first-order chi connectivity index (χ1) is 12.2. The lowest BCUT2D eigenvalue weighted by molar-refractivity contribution is 0.0592. The first kappa shape index (κ1) is 19.5. The molecule has 0 fully saturated rings. The number of ether oxygens (including phenoxy) is 2. The Bertz CT molecular complexity index is 881. The van der Waals surface area contributed by atoms with Crippen LogP contribution >= 0.6 is 0 Å². The zero-order valence-electron chi connectivity index (χ0n) is 15.7. The molecule has 26 heavy (non-hydrogen) atoms. The van der Waals surface area contributed by atoms with Crippen LogP contribution in [-0.2, 0) is 9.47 Å². The molecule has 0 N–H and O–H groups in total. The van der Waals surface area contributed by atoms with Gasteiger partial charge in [-0.3, -0.25) is 0 Å². The van der Waals surface area contributed by atoms with Gasteiger partial charge in [0.15, 0.2) is 0 Å². The van der Waals surface area contributed by atoms with Gasteiger partial charge in [0, 0.05) is 5.56 Å². The molecule has 0 aliphatic carbocycles. The number of carbonyl (C=O) groups is 2. The lowest BCUT2D eigenvalue weighted by Crippen LogP contribution is -2.16. The minimum atomic E-state index is -1.58. The van der Waals surface area contributed by atoms with Gasteiger partial charge in [0.25, 0.3) is 0 Å². The molecule has 0 radical (unpaired) electrons. The molecule has 0 aliphatic rings. The minimum absolute atomic E-state index is 0.378. The molecule has 2 aromatic carbocycles. The molecule has 0 atom stereocenters. The van der Waals surface area contributed by atoms with E-state index in [9.17, 15) is 9.59 Å². The molecule has 0 unspecified atom stereocenters. The van der Waals surface area contributed by atoms with Crippen LogP contribution in [0, 0.1) is 11.5 Å². The molecule has 0 spiro atoms. The van der Waals surface area contributed by atoms with E-state index in [0.29, 0.717) is 11.1 Å². The second kappa shape index (κ2) is 8.02. The summed E-state index contributed by atoms with van der Waals surface area (Å²) in [6.07, 6.45) is 0. The third-order valence-electron chi connectivity index (χ3n) is 3.63. The van der Waals surface area contributed by atoms with E-state index in [-0.39, 0.29) is 5.97 Å². The van der Waals surface area contributed by atoms with Crippen LogP contribution in [-0.4, -0.2) is 34.2 Å². The fourth-order valence-electron chi connectivity index (χ4n) is 2.30. The normalized spacial score (nSPS) is 10.5. The van der Waals surface area contributed by atoms with Crippen LogP contribution < -0.4 is 0 Å². The molecule has 134 valence electrons. The Labute approximate surface area is 155 Å². The summed E-state index contributed by atoms with van der Waals surface area (Å²) in [5.41, 5.74) is 6.86. The third-order valence-corrected chi connectivity index (χ3v) is 4.50. The molecule has 0 saturated carbocycles. The Balaban J connectivity index is 2.54. The number of hydrogen-bond acceptors (Lipinski definition) is 4. The van der Waals surface area contributed by atoms with E-state index in [1.807, 2.05) is 18.2 Å². The highest BCUT2D eigenvalue weighted by Gasteiger charge is 2.13. The highest BCUT2D eigenvalue weighted by molar-refractivity contribution is 6.83. The maximum Gasteiger partial charge on any atom is 0.337 e. The van der Waals surface area contributed by atoms with Crippen LogP contribution in [0.25, 0.3) is 11.1 Å². The van der Waals surface area contributed by atoms with Crippen molar-refractivity contribution < 1.29 is 19.1 Å². The fraction of sp³-hybridized carbons (Fsp3) is 0.238. The van der Waals surface area contributed by atoms with Crippen molar-refractivity contribution in [2.75, 3.05) is 14.2 Å². The van der Waals surface area contributed by atoms with E-state index >= 15 is 0 Å². The molecule has 0 heterocycles. The Morgan fingerprint density at radius 2 is 1.38 bits per heavy atom. The van der Waals surface area contributed by atoms with Crippen molar-refractivity contribution in [2.24, 2.45) is 0 Å². The summed E-state index contributed by atoms with van der Waals surface area (Å²) in [6, 6.07) is 12.4. The van der Waals surface area contributed by atoms with Crippen molar-refractivity contribution in [3.63, 3.8) is 0 Å². The molecular formula is C21H22O4Si. The Kier molecular flexibility index (Phi) is 6.01. The van der Waals surface area contributed by atoms with Crippen LogP contribution in [0.2, 0.25) is 19.6 Å². The Hall–Kier alpha value is -2.84. The first-order valence-corrected chi connectivity index (χ1v) is 11.7. The van der Waals surface area contributed by atoms with Gasteiger partial charge in [0.2, 0.25) is 0 Å². The lowest BCUT2D eigenvalue weighted by atomic mass is 9.97. The van der Waals surface area contributed by atoms with Crippen LogP contribution in [0.3, 0.4) is 0 Å². The lowest BCUT2D eigenvalue weighted by Gasteiger charge is -2.09. The zero-order chi connectivity index (χ0) is 19.3. The summed E-state index contributed by atoms with van der Waals surface area (Å²) >= 11 is 0. The van der Waals surface area contributed by atoms with Gasteiger partial charge < -0.3 is 9.47 Å². The maximum absolute atomic E-state index is 11.9. The van der Waals surface area contributed by atoms with Crippen molar-refractivity contribution in [3.8, 4) is 22.6 Å². The van der Waals surface area contributed by atoms with E-state index in [1.165, 1.54) is 14.2 Å². The number of methoxy groups -OCH3 is 2. The van der Waals surface area contributed by atoms with Crippen LogP contribution in [0.5, 0.6) is 0 Å². The summed E-state index contributed by atoms with van der Waals surface area (Å²) in [7, 11) is 1.13. The molecule has 0 bridgehead atoms. The monoisotopic (exact) mass is 366 g/mol. The Morgan fingerprint density at radius 3 is 1.92 bits per heavy atom. The SMILES string of the molecule is COC(=O)c1ccc(-c2ccc(C(=O)OC)cc2C#C[Si](C)(C)C)cc1. The quantitative estimate of drug-likeness (QED) is 0.465. The zero-order valence-corrected chi connectivity index (χ0v) is 16.7. The van der Waals surface area contributed by atoms with Crippen molar-refractivity contribution in [3.05, 3.63) is 59.2 Å². The predicted molar refractivity (Wildman–Crippen MR) is 105 cm³/mol. The number of hydrogen-bond donors (Lipinski definition) is 0. The van der Waals surface area contributed by atoms with E-state index in [4.69, 9.17) is 9.47 Å². The molecule has 0 saturated heterocycles. The average Bonchev–Trinajstić information content (AvgIpc) is 2.64. The van der Waals surface area contributed by atoms with Crippen molar-refractivity contribution >= 4 is 20.0 Å². The standard InChI is InChI=1S/C21H22O4Si/c1-24-20(22)16-8-6-15(7-9-16)19-11-10-18(21(23)25-2)14-17(19)12-13-26(3,4)5/h6-11,14H,1-5H3. The van der Waals surface area contributed by atoms with Gasteiger partial charge in [-0.05, 0) is 35.4 Å². The van der Waals surface area contributed by atoms with Crippen LogP contribution in [0.15, 0.2) is 42.5 Å². The topological polar surface area (TPSA) is 52.6 Å². The molecule has 0 aliphatic heterocycles. The smallest absolute Gasteiger partial charge is 0.337 e. The predicted octanol–water partition coefficient (Wildman–Crippen LogP) is 4.16. The number of benzene rings is 2. The first-order valence-electron chi connectivity index (χ1n) is 8.19. The van der Waals surface area contributed by atoms with Crippen LogP contribution in [0.1, 0.15) is 26.3 Å². The van der Waals surface area contributed by atoms with E-state index in [1.54, 1.807) is 24.3 Å². The van der Waals surface area contributed by atoms with E-state index < -0.39 is 14.0 Å². The average molecular weight is 366 g/mol. The molecule has 2 aromatic rings. The van der Waals surface area contributed by atoms with Crippen molar-refractivity contribution in [1.82, 2.24) is 0 Å². The molecule has 0 amide bonds. The summed E-state index contributed by atoms with van der Waals surface area (Å²) in [5, 5.41) is 0.